The van der Waals surface area contributed by atoms with Crippen molar-refractivity contribution in [2.75, 3.05) is 11.9 Å². The van der Waals surface area contributed by atoms with Crippen LogP contribution < -0.4 is 14.8 Å². The van der Waals surface area contributed by atoms with Crippen molar-refractivity contribution in [3.8, 4) is 11.5 Å². The van der Waals surface area contributed by atoms with Gasteiger partial charge in [0.2, 0.25) is 6.10 Å². The Hall–Kier alpha value is -3.99. The highest BCUT2D eigenvalue weighted by molar-refractivity contribution is 7.20. The van der Waals surface area contributed by atoms with Crippen LogP contribution in [0.2, 0.25) is 0 Å². The van der Waals surface area contributed by atoms with E-state index in [1.165, 1.54) is 23.5 Å². The fraction of sp³-hybridized carbons (Fsp3) is 0.105. The molecule has 4 aromatic rings. The molecule has 0 spiro atoms. The number of nitrogens with zero attached hydrogens (tertiary/aromatic N) is 3. The van der Waals surface area contributed by atoms with Gasteiger partial charge in [-0.1, -0.05) is 17.2 Å². The van der Waals surface area contributed by atoms with Crippen LogP contribution in [0.3, 0.4) is 0 Å². The Morgan fingerprint density at radius 3 is 2.83 bits per heavy atom. The van der Waals surface area contributed by atoms with E-state index >= 15 is 0 Å². The third-order valence-corrected chi connectivity index (χ3v) is 5.49. The maximum atomic E-state index is 12.5. The van der Waals surface area contributed by atoms with Gasteiger partial charge in [0.15, 0.2) is 11.5 Å². The second-order valence-corrected chi connectivity index (χ2v) is 7.44. The van der Waals surface area contributed by atoms with E-state index in [-0.39, 0.29) is 24.2 Å². The van der Waals surface area contributed by atoms with E-state index in [9.17, 15) is 14.9 Å². The maximum absolute atomic E-state index is 12.5. The number of carbonyl (C=O) groups is 1. The van der Waals surface area contributed by atoms with Gasteiger partial charge in [0.1, 0.15) is 6.61 Å². The molecule has 1 aliphatic rings. The van der Waals surface area contributed by atoms with Gasteiger partial charge in [0, 0.05) is 22.2 Å². The number of nitro groups is 1. The van der Waals surface area contributed by atoms with Crippen LogP contribution in [0.15, 0.2) is 52.9 Å². The first kappa shape index (κ1) is 18.1. The van der Waals surface area contributed by atoms with E-state index in [0.29, 0.717) is 21.8 Å². The second-order valence-electron chi connectivity index (χ2n) is 6.35. The lowest BCUT2D eigenvalue weighted by atomic mass is 10.2. The second kappa shape index (κ2) is 7.12. The van der Waals surface area contributed by atoms with Crippen LogP contribution >= 0.6 is 11.3 Å². The van der Waals surface area contributed by atoms with E-state index in [1.807, 2.05) is 12.1 Å². The molecule has 0 fully saturated rings. The number of non-ortho nitro benzene ring substituents is 1. The minimum Gasteiger partial charge on any atom is -0.485 e. The molecular formula is C19H12N4O6S. The summed E-state index contributed by atoms with van der Waals surface area (Å²) in [7, 11) is 0. The van der Waals surface area contributed by atoms with Crippen LogP contribution in [0.1, 0.15) is 21.7 Å². The smallest absolute Gasteiger partial charge is 0.322 e. The van der Waals surface area contributed by atoms with E-state index in [1.54, 1.807) is 24.3 Å². The summed E-state index contributed by atoms with van der Waals surface area (Å²) >= 11 is 1.20. The number of rotatable bonds is 4. The molecule has 1 aliphatic heterocycles. The summed E-state index contributed by atoms with van der Waals surface area (Å²) in [4.78, 5) is 23.3. The lowest BCUT2D eigenvalue weighted by Crippen LogP contribution is -2.21. The molecule has 1 amide bonds. The summed E-state index contributed by atoms with van der Waals surface area (Å²) in [5.41, 5.74) is -0.0370. The lowest BCUT2D eigenvalue weighted by Gasteiger charge is -2.23. The first-order chi connectivity index (χ1) is 14.6. The molecule has 10 nitrogen and oxygen atoms in total. The standard InChI is InChI=1S/C19H12N4O6S/c24-17(16-8-10-7-11(23(25)26)5-6-15(10)30-16)20-19-22-21-18(29-19)14-9-27-12-3-1-2-4-13(12)28-14/h1-8,14H,9H2,(H,20,22,24). The maximum Gasteiger partial charge on any atom is 0.322 e. The first-order valence-corrected chi connectivity index (χ1v) is 9.60. The fourth-order valence-corrected chi connectivity index (χ4v) is 3.91. The molecule has 0 aliphatic carbocycles. The van der Waals surface area contributed by atoms with Gasteiger partial charge in [0.25, 0.3) is 17.5 Å². The number of thiophene rings is 1. The number of aromatic nitrogens is 2. The number of fused-ring (bicyclic) bond motifs is 2. The van der Waals surface area contributed by atoms with Gasteiger partial charge in [-0.05, 0) is 24.3 Å². The minimum absolute atomic E-state index is 0.0370. The summed E-state index contributed by atoms with van der Waals surface area (Å²) in [5.74, 6) is 0.913. The Balaban J connectivity index is 1.31. The normalized spacial score (nSPS) is 15.1. The molecule has 150 valence electrons. The summed E-state index contributed by atoms with van der Waals surface area (Å²) in [6, 6.07) is 13.2. The fourth-order valence-electron chi connectivity index (χ4n) is 2.97. The lowest BCUT2D eigenvalue weighted by molar-refractivity contribution is -0.384. The van der Waals surface area contributed by atoms with Crippen molar-refractivity contribution in [3.05, 3.63) is 69.4 Å². The van der Waals surface area contributed by atoms with Crippen molar-refractivity contribution < 1.29 is 23.6 Å². The molecule has 3 heterocycles. The zero-order valence-corrected chi connectivity index (χ0v) is 15.9. The van der Waals surface area contributed by atoms with Crippen LogP contribution in [0.25, 0.3) is 10.1 Å². The van der Waals surface area contributed by atoms with E-state index < -0.39 is 16.9 Å². The predicted molar refractivity (Wildman–Crippen MR) is 106 cm³/mol. The molecule has 1 atom stereocenters. The molecule has 2 aromatic heterocycles. The number of hydrogen-bond acceptors (Lipinski definition) is 9. The number of para-hydroxylation sites is 2. The van der Waals surface area contributed by atoms with E-state index in [0.717, 1.165) is 4.70 Å². The van der Waals surface area contributed by atoms with E-state index in [4.69, 9.17) is 13.9 Å². The first-order valence-electron chi connectivity index (χ1n) is 8.78. The van der Waals surface area contributed by atoms with Crippen LogP contribution in [0.4, 0.5) is 11.7 Å². The highest BCUT2D eigenvalue weighted by atomic mass is 32.1. The van der Waals surface area contributed by atoms with Crippen molar-refractivity contribution in [1.82, 2.24) is 10.2 Å². The number of nitro benzene ring substituents is 1. The molecule has 1 unspecified atom stereocenters. The van der Waals surface area contributed by atoms with Crippen LogP contribution in [0.5, 0.6) is 11.5 Å². The van der Waals surface area contributed by atoms with Gasteiger partial charge in [-0.15, -0.1) is 16.4 Å². The molecule has 0 radical (unpaired) electrons. The molecule has 0 saturated carbocycles. The minimum atomic E-state index is -0.595. The quantitative estimate of drug-likeness (QED) is 0.385. The van der Waals surface area contributed by atoms with Gasteiger partial charge in [-0.25, -0.2) is 0 Å². The van der Waals surface area contributed by atoms with Crippen molar-refractivity contribution in [2.45, 2.75) is 6.10 Å². The van der Waals surface area contributed by atoms with Crippen molar-refractivity contribution in [3.63, 3.8) is 0 Å². The van der Waals surface area contributed by atoms with Crippen LogP contribution in [0, 0.1) is 10.1 Å². The van der Waals surface area contributed by atoms with Gasteiger partial charge < -0.3 is 13.9 Å². The zero-order valence-electron chi connectivity index (χ0n) is 15.1. The average molecular weight is 424 g/mol. The molecule has 1 N–H and O–H groups in total. The molecule has 0 saturated heterocycles. The Labute approximate surface area is 172 Å². The third kappa shape index (κ3) is 3.31. The number of carbonyl (C=O) groups excluding carboxylic acids is 1. The van der Waals surface area contributed by atoms with Gasteiger partial charge >= 0.3 is 6.01 Å². The molecule has 11 heteroatoms. The summed E-state index contributed by atoms with van der Waals surface area (Å²) in [5, 5.41) is 21.8. The predicted octanol–water partition coefficient (Wildman–Crippen LogP) is 3.96. The molecular weight excluding hydrogens is 412 g/mol. The van der Waals surface area contributed by atoms with Crippen LogP contribution in [-0.2, 0) is 0 Å². The number of hydrogen-bond donors (Lipinski definition) is 1. The SMILES string of the molecule is O=C(Nc1nnc(C2COc3ccccc3O2)o1)c1cc2cc([N+](=O)[O-])ccc2s1. The average Bonchev–Trinajstić information content (AvgIpc) is 3.39. The Morgan fingerprint density at radius 1 is 1.17 bits per heavy atom. The van der Waals surface area contributed by atoms with Gasteiger partial charge in [-0.2, -0.15) is 0 Å². The molecule has 2 aromatic carbocycles. The number of amides is 1. The van der Waals surface area contributed by atoms with Crippen LogP contribution in [-0.4, -0.2) is 27.6 Å². The molecule has 0 bridgehead atoms. The Morgan fingerprint density at radius 2 is 2.00 bits per heavy atom. The Bertz CT molecular complexity index is 1280. The van der Waals surface area contributed by atoms with Crippen molar-refractivity contribution in [2.24, 2.45) is 0 Å². The van der Waals surface area contributed by atoms with Gasteiger partial charge in [-0.3, -0.25) is 20.2 Å². The topological polar surface area (TPSA) is 130 Å². The van der Waals surface area contributed by atoms with Crippen molar-refractivity contribution >= 4 is 39.0 Å². The van der Waals surface area contributed by atoms with E-state index in [2.05, 4.69) is 15.5 Å². The highest BCUT2D eigenvalue weighted by Gasteiger charge is 2.27. The number of ether oxygens (including phenoxy) is 2. The largest absolute Gasteiger partial charge is 0.485 e. The number of nitrogens with one attached hydrogen (secondary N) is 1. The van der Waals surface area contributed by atoms with Crippen molar-refractivity contribution in [1.29, 1.82) is 0 Å². The Kier molecular flexibility index (Phi) is 4.29. The summed E-state index contributed by atoms with van der Waals surface area (Å²) in [6.45, 7) is 0.196. The number of anilines is 1. The monoisotopic (exact) mass is 424 g/mol. The molecule has 30 heavy (non-hydrogen) atoms. The zero-order chi connectivity index (χ0) is 20.7. The summed E-state index contributed by atoms with van der Waals surface area (Å²) < 4.78 is 17.7. The highest BCUT2D eigenvalue weighted by Crippen LogP contribution is 2.36. The van der Waals surface area contributed by atoms with Gasteiger partial charge in [0.05, 0.1) is 9.80 Å². The number of benzene rings is 2. The summed E-state index contributed by atoms with van der Waals surface area (Å²) in [6.07, 6.45) is -0.595. The molecule has 5 rings (SSSR count). The third-order valence-electron chi connectivity index (χ3n) is 4.38.